The second-order valence-electron chi connectivity index (χ2n) is 6.10. The van der Waals surface area contributed by atoms with Crippen molar-refractivity contribution in [3.63, 3.8) is 0 Å². The van der Waals surface area contributed by atoms with Gasteiger partial charge in [0.2, 0.25) is 5.91 Å². The van der Waals surface area contributed by atoms with Crippen LogP contribution in [0.5, 0.6) is 5.75 Å². The van der Waals surface area contributed by atoms with Crippen molar-refractivity contribution in [1.29, 1.82) is 0 Å². The first-order valence-corrected chi connectivity index (χ1v) is 7.71. The number of hydrogen-bond acceptors (Lipinski definition) is 3. The van der Waals surface area contributed by atoms with Gasteiger partial charge in [0.25, 0.3) is 0 Å². The molecule has 3 N–H and O–H groups in total. The number of carbonyl (C=O) groups is 1. The van der Waals surface area contributed by atoms with Gasteiger partial charge >= 0.3 is 0 Å². The molecule has 0 saturated heterocycles. The molecule has 0 spiro atoms. The number of rotatable bonds is 4. The number of carbonyl (C=O) groups excluding carboxylic acids is 1. The molecule has 124 valence electrons. The first kappa shape index (κ1) is 18.8. The van der Waals surface area contributed by atoms with Crippen LogP contribution in [-0.4, -0.2) is 19.1 Å². The van der Waals surface area contributed by atoms with Gasteiger partial charge in [-0.15, -0.1) is 12.4 Å². The van der Waals surface area contributed by atoms with Gasteiger partial charge in [-0.2, -0.15) is 0 Å². The average Bonchev–Trinajstić information content (AvgIpc) is 2.47. The summed E-state index contributed by atoms with van der Waals surface area (Å²) in [5.74, 6) is 0.974. The zero-order chi connectivity index (χ0) is 15.4. The van der Waals surface area contributed by atoms with Crippen LogP contribution >= 0.6 is 12.4 Å². The highest BCUT2D eigenvalue weighted by Gasteiger charge is 2.26. The molecule has 1 saturated carbocycles. The van der Waals surface area contributed by atoms with E-state index in [9.17, 15) is 4.79 Å². The van der Waals surface area contributed by atoms with Gasteiger partial charge in [-0.05, 0) is 39.2 Å². The Morgan fingerprint density at radius 1 is 1.41 bits per heavy atom. The van der Waals surface area contributed by atoms with Gasteiger partial charge in [-0.1, -0.05) is 24.1 Å². The van der Waals surface area contributed by atoms with E-state index in [1.807, 2.05) is 26.0 Å². The Kier molecular flexibility index (Phi) is 7.17. The molecule has 4 nitrogen and oxygen atoms in total. The molecule has 2 rings (SSSR count). The highest BCUT2D eigenvalue weighted by Crippen LogP contribution is 2.28. The van der Waals surface area contributed by atoms with Crippen LogP contribution in [0, 0.1) is 12.8 Å². The molecular formula is C17H27ClN2O2. The minimum absolute atomic E-state index is 0. The lowest BCUT2D eigenvalue weighted by atomic mass is 9.85. The van der Waals surface area contributed by atoms with E-state index in [2.05, 4.69) is 11.4 Å². The molecule has 22 heavy (non-hydrogen) atoms. The Morgan fingerprint density at radius 3 is 2.77 bits per heavy atom. The maximum absolute atomic E-state index is 12.4. The summed E-state index contributed by atoms with van der Waals surface area (Å²) in [6.45, 7) is 4.04. The molecule has 0 aliphatic heterocycles. The lowest BCUT2D eigenvalue weighted by molar-refractivity contribution is -0.126. The molecule has 0 radical (unpaired) electrons. The minimum Gasteiger partial charge on any atom is -0.496 e. The van der Waals surface area contributed by atoms with E-state index in [0.29, 0.717) is 0 Å². The number of ether oxygens (including phenoxy) is 1. The normalized spacial score (nSPS) is 22.4. The number of methoxy groups -OCH3 is 1. The Bertz CT molecular complexity index is 507. The molecule has 1 aliphatic rings. The lowest BCUT2D eigenvalue weighted by Gasteiger charge is -2.27. The summed E-state index contributed by atoms with van der Waals surface area (Å²) < 4.78 is 5.39. The average molecular weight is 327 g/mol. The molecular weight excluding hydrogens is 300 g/mol. The van der Waals surface area contributed by atoms with Crippen LogP contribution < -0.4 is 15.8 Å². The van der Waals surface area contributed by atoms with E-state index in [1.165, 1.54) is 0 Å². The highest BCUT2D eigenvalue weighted by atomic mass is 35.5. The van der Waals surface area contributed by atoms with E-state index < -0.39 is 0 Å². The summed E-state index contributed by atoms with van der Waals surface area (Å²) in [6, 6.07) is 6.13. The van der Waals surface area contributed by atoms with Gasteiger partial charge in [-0.3, -0.25) is 4.79 Å². The van der Waals surface area contributed by atoms with Gasteiger partial charge in [0.1, 0.15) is 5.75 Å². The molecule has 3 atom stereocenters. The predicted octanol–water partition coefficient (Wildman–Crippen LogP) is 3.12. The van der Waals surface area contributed by atoms with Gasteiger partial charge in [0.05, 0.1) is 13.2 Å². The number of hydrogen-bond donors (Lipinski definition) is 2. The maximum atomic E-state index is 12.4. The van der Waals surface area contributed by atoms with Crippen LogP contribution in [0.1, 0.15) is 49.8 Å². The number of benzene rings is 1. The molecule has 3 unspecified atom stereocenters. The second-order valence-corrected chi connectivity index (χ2v) is 6.10. The van der Waals surface area contributed by atoms with E-state index in [1.54, 1.807) is 7.11 Å². The summed E-state index contributed by atoms with van der Waals surface area (Å²) in [7, 11) is 1.66. The predicted molar refractivity (Wildman–Crippen MR) is 91.5 cm³/mol. The van der Waals surface area contributed by atoms with Crippen molar-refractivity contribution in [1.82, 2.24) is 5.32 Å². The summed E-state index contributed by atoms with van der Waals surface area (Å²) in [5, 5.41) is 3.11. The van der Waals surface area contributed by atoms with Crippen LogP contribution in [0.25, 0.3) is 0 Å². The maximum Gasteiger partial charge on any atom is 0.223 e. The number of nitrogens with one attached hydrogen (secondary N) is 1. The van der Waals surface area contributed by atoms with Crippen LogP contribution in [0.15, 0.2) is 18.2 Å². The van der Waals surface area contributed by atoms with E-state index in [-0.39, 0.29) is 36.3 Å². The van der Waals surface area contributed by atoms with Crippen molar-refractivity contribution in [2.24, 2.45) is 11.7 Å². The van der Waals surface area contributed by atoms with Crippen molar-refractivity contribution in [3.05, 3.63) is 29.3 Å². The van der Waals surface area contributed by atoms with Crippen molar-refractivity contribution in [3.8, 4) is 5.75 Å². The SMILES string of the molecule is COc1ccc(C)cc1C(C)NC(=O)C1CCCC(N)C1.Cl. The lowest BCUT2D eigenvalue weighted by Crippen LogP contribution is -2.38. The molecule has 1 aromatic rings. The molecule has 1 fully saturated rings. The fourth-order valence-electron chi connectivity index (χ4n) is 3.07. The highest BCUT2D eigenvalue weighted by molar-refractivity contribution is 5.85. The Balaban J connectivity index is 0.00000242. The Morgan fingerprint density at radius 2 is 2.14 bits per heavy atom. The smallest absolute Gasteiger partial charge is 0.223 e. The molecule has 1 amide bonds. The van der Waals surface area contributed by atoms with Crippen LogP contribution in [0.4, 0.5) is 0 Å². The van der Waals surface area contributed by atoms with Crippen molar-refractivity contribution in [2.45, 2.75) is 51.6 Å². The zero-order valence-electron chi connectivity index (χ0n) is 13.6. The van der Waals surface area contributed by atoms with Gasteiger partial charge in [-0.25, -0.2) is 0 Å². The van der Waals surface area contributed by atoms with E-state index >= 15 is 0 Å². The monoisotopic (exact) mass is 326 g/mol. The van der Waals surface area contributed by atoms with Crippen LogP contribution in [0.2, 0.25) is 0 Å². The quantitative estimate of drug-likeness (QED) is 0.893. The fraction of sp³-hybridized carbons (Fsp3) is 0.588. The summed E-state index contributed by atoms with van der Waals surface area (Å²) in [4.78, 5) is 12.4. The summed E-state index contributed by atoms with van der Waals surface area (Å²) in [5.41, 5.74) is 8.15. The molecule has 1 aromatic carbocycles. The number of nitrogens with two attached hydrogens (primary N) is 1. The van der Waals surface area contributed by atoms with Crippen LogP contribution in [-0.2, 0) is 4.79 Å². The third-order valence-electron chi connectivity index (χ3n) is 4.30. The first-order chi connectivity index (χ1) is 10.0. The van der Waals surface area contributed by atoms with E-state index in [0.717, 1.165) is 42.6 Å². The number of aryl methyl sites for hydroxylation is 1. The Hall–Kier alpha value is -1.26. The first-order valence-electron chi connectivity index (χ1n) is 7.71. The van der Waals surface area contributed by atoms with Crippen molar-refractivity contribution >= 4 is 18.3 Å². The minimum atomic E-state index is -0.0644. The molecule has 0 heterocycles. The Labute approximate surface area is 139 Å². The number of halogens is 1. The molecule has 0 aromatic heterocycles. The standard InChI is InChI=1S/C17H26N2O2.ClH/c1-11-7-8-16(21-3)15(9-11)12(2)19-17(20)13-5-4-6-14(18)10-13;/h7-9,12-14H,4-6,10,18H2,1-3H3,(H,19,20);1H. The largest absolute Gasteiger partial charge is 0.496 e. The molecule has 0 bridgehead atoms. The third kappa shape index (κ3) is 4.62. The van der Waals surface area contributed by atoms with Gasteiger partial charge < -0.3 is 15.8 Å². The van der Waals surface area contributed by atoms with Crippen molar-refractivity contribution in [2.75, 3.05) is 7.11 Å². The van der Waals surface area contributed by atoms with Gasteiger partial charge in [0.15, 0.2) is 0 Å². The topological polar surface area (TPSA) is 64.3 Å². The van der Waals surface area contributed by atoms with Crippen LogP contribution in [0.3, 0.4) is 0 Å². The van der Waals surface area contributed by atoms with Gasteiger partial charge in [0, 0.05) is 17.5 Å². The van der Waals surface area contributed by atoms with Crippen molar-refractivity contribution < 1.29 is 9.53 Å². The van der Waals surface area contributed by atoms with E-state index in [4.69, 9.17) is 10.5 Å². The third-order valence-corrected chi connectivity index (χ3v) is 4.30. The summed E-state index contributed by atoms with van der Waals surface area (Å²) in [6.07, 6.45) is 3.81. The summed E-state index contributed by atoms with van der Waals surface area (Å²) >= 11 is 0. The molecule has 1 aliphatic carbocycles. The fourth-order valence-corrected chi connectivity index (χ4v) is 3.07. The molecule has 5 heteroatoms. The zero-order valence-corrected chi connectivity index (χ0v) is 14.4. The second kappa shape index (κ2) is 8.39. The number of amides is 1.